The summed E-state index contributed by atoms with van der Waals surface area (Å²) in [7, 11) is 0. The van der Waals surface area contributed by atoms with E-state index in [0.29, 0.717) is 24.2 Å². The average Bonchev–Trinajstić information content (AvgIpc) is 2.68. The van der Waals surface area contributed by atoms with E-state index in [9.17, 15) is 44.6 Å². The van der Waals surface area contributed by atoms with Gasteiger partial charge in [0.25, 0.3) is 0 Å². The van der Waals surface area contributed by atoms with Gasteiger partial charge in [0.05, 0.1) is 22.6 Å². The zero-order valence-electron chi connectivity index (χ0n) is 15.5. The first-order valence-corrected chi connectivity index (χ1v) is 9.57. The molecule has 3 heterocycles. The summed E-state index contributed by atoms with van der Waals surface area (Å²) in [6.45, 7) is -4.43. The number of halogens is 9. The number of hydrogen-bond acceptors (Lipinski definition) is 6. The second-order valence-electron chi connectivity index (χ2n) is 6.57. The smallest absolute Gasteiger partial charge is 0.431 e. The Hall–Kier alpha value is -2.42. The number of aromatic nitrogens is 2. The summed E-state index contributed by atoms with van der Waals surface area (Å²) in [6, 6.07) is 0.247. The molecular weight excluding hydrogens is 481 g/mol. The number of aliphatic hydroxyl groups is 1. The van der Waals surface area contributed by atoms with Gasteiger partial charge in [-0.3, -0.25) is 0 Å². The fourth-order valence-electron chi connectivity index (χ4n) is 3.05. The maximum Gasteiger partial charge on any atom is 0.436 e. The van der Waals surface area contributed by atoms with Crippen molar-refractivity contribution < 1.29 is 49.4 Å². The second-order valence-corrected chi connectivity index (χ2v) is 7.68. The number of rotatable bonds is 5. The highest BCUT2D eigenvalue weighted by Gasteiger charge is 2.44. The Balaban J connectivity index is 2.10. The molecule has 0 aliphatic carbocycles. The molecule has 176 valence electrons. The summed E-state index contributed by atoms with van der Waals surface area (Å²) >= 11 is 0.708. The maximum atomic E-state index is 14.5. The van der Waals surface area contributed by atoms with Crippen LogP contribution in [0.4, 0.5) is 45.3 Å². The molecule has 0 saturated heterocycles. The molecule has 3 rings (SSSR count). The molecule has 0 fully saturated rings. The predicted molar refractivity (Wildman–Crippen MR) is 92.8 cm³/mol. The lowest BCUT2D eigenvalue weighted by Gasteiger charge is -2.38. The van der Waals surface area contributed by atoms with Gasteiger partial charge in [-0.2, -0.15) is 35.1 Å². The molecule has 0 spiro atoms. The zero-order chi connectivity index (χ0) is 23.9. The number of thioether (sulfide) groups is 1. The first-order valence-electron chi connectivity index (χ1n) is 8.58. The third-order valence-corrected chi connectivity index (χ3v) is 5.65. The standard InChI is InChI=1S/C17H12F9N3O2S/c18-10-11-8(5-27-12(10)17(24,25)26)15(6-30,1-2-32-11)29-13-9(31-14(19)20)3-7(4-28-13)16(21,22)23/h3-5,14,30H,1-2,6H2,(H,28,29)/t15-/m1/s1. The number of hydrogen-bond donors (Lipinski definition) is 2. The molecule has 0 saturated carbocycles. The lowest BCUT2D eigenvalue weighted by molar-refractivity contribution is -0.144. The lowest BCUT2D eigenvalue weighted by atomic mass is 9.88. The van der Waals surface area contributed by atoms with Gasteiger partial charge in [0, 0.05) is 23.7 Å². The summed E-state index contributed by atoms with van der Waals surface area (Å²) in [5.74, 6) is -3.40. The Labute approximate surface area is 178 Å². The third-order valence-electron chi connectivity index (χ3n) is 4.56. The number of anilines is 1. The first kappa shape index (κ1) is 24.2. The molecule has 0 unspecified atom stereocenters. The lowest BCUT2D eigenvalue weighted by Crippen LogP contribution is -2.43. The topological polar surface area (TPSA) is 67.3 Å². The van der Waals surface area contributed by atoms with Crippen molar-refractivity contribution in [2.45, 2.75) is 35.8 Å². The number of alkyl halides is 8. The third kappa shape index (κ3) is 4.67. The van der Waals surface area contributed by atoms with Gasteiger partial charge in [0.1, 0.15) is 0 Å². The van der Waals surface area contributed by atoms with E-state index in [2.05, 4.69) is 20.0 Å². The molecule has 0 amide bonds. The highest BCUT2D eigenvalue weighted by Crippen LogP contribution is 2.46. The van der Waals surface area contributed by atoms with Crippen LogP contribution in [0.3, 0.4) is 0 Å². The van der Waals surface area contributed by atoms with Gasteiger partial charge >= 0.3 is 19.0 Å². The number of nitrogens with zero attached hydrogens (tertiary/aromatic N) is 2. The van der Waals surface area contributed by atoms with Crippen molar-refractivity contribution in [1.82, 2.24) is 9.97 Å². The minimum Gasteiger partial charge on any atom is -0.431 e. The number of pyridine rings is 2. The molecule has 2 aromatic heterocycles. The minimum atomic E-state index is -5.10. The van der Waals surface area contributed by atoms with Crippen LogP contribution >= 0.6 is 11.8 Å². The van der Waals surface area contributed by atoms with Gasteiger partial charge in [0.15, 0.2) is 23.1 Å². The quantitative estimate of drug-likeness (QED) is 0.569. The first-order chi connectivity index (χ1) is 14.8. The van der Waals surface area contributed by atoms with Crippen LogP contribution in [0.25, 0.3) is 0 Å². The van der Waals surface area contributed by atoms with Crippen LogP contribution in [0, 0.1) is 5.82 Å². The van der Waals surface area contributed by atoms with E-state index in [-0.39, 0.29) is 23.8 Å². The highest BCUT2D eigenvalue weighted by molar-refractivity contribution is 7.99. The van der Waals surface area contributed by atoms with Crippen LogP contribution in [0.15, 0.2) is 23.4 Å². The molecule has 1 atom stereocenters. The monoisotopic (exact) mass is 493 g/mol. The summed E-state index contributed by atoms with van der Waals surface area (Å²) in [6.07, 6.45) is -9.14. The summed E-state index contributed by atoms with van der Waals surface area (Å²) in [4.78, 5) is 6.02. The van der Waals surface area contributed by atoms with E-state index >= 15 is 0 Å². The molecule has 1 aliphatic rings. The van der Waals surface area contributed by atoms with E-state index in [4.69, 9.17) is 0 Å². The van der Waals surface area contributed by atoms with E-state index in [0.717, 1.165) is 0 Å². The highest BCUT2D eigenvalue weighted by atomic mass is 32.2. The van der Waals surface area contributed by atoms with Crippen LogP contribution in [0.5, 0.6) is 5.75 Å². The SMILES string of the molecule is OC[C@]1(Nc2ncc(C(F)(F)F)cc2OC(F)F)CCSc2c1cnc(C(F)(F)F)c2F. The summed E-state index contributed by atoms with van der Waals surface area (Å²) < 4.78 is 122. The van der Waals surface area contributed by atoms with Crippen molar-refractivity contribution in [3.05, 3.63) is 41.1 Å². The Morgan fingerprint density at radius 1 is 1.12 bits per heavy atom. The van der Waals surface area contributed by atoms with Crippen molar-refractivity contribution in [3.63, 3.8) is 0 Å². The Bertz CT molecular complexity index is 1000. The molecule has 0 radical (unpaired) electrons. The Morgan fingerprint density at radius 3 is 2.38 bits per heavy atom. The number of aliphatic hydroxyl groups excluding tert-OH is 1. The van der Waals surface area contributed by atoms with Gasteiger partial charge in [-0.1, -0.05) is 0 Å². The van der Waals surface area contributed by atoms with Gasteiger partial charge in [-0.25, -0.2) is 14.4 Å². The molecule has 0 aromatic carbocycles. The van der Waals surface area contributed by atoms with Crippen molar-refractivity contribution in [3.8, 4) is 5.75 Å². The fraction of sp³-hybridized carbons (Fsp3) is 0.412. The minimum absolute atomic E-state index is 0.0234. The van der Waals surface area contributed by atoms with Crippen molar-refractivity contribution >= 4 is 17.6 Å². The van der Waals surface area contributed by atoms with Gasteiger partial charge in [-0.05, 0) is 12.5 Å². The molecule has 0 bridgehead atoms. The van der Waals surface area contributed by atoms with Crippen molar-refractivity contribution in [2.24, 2.45) is 0 Å². The van der Waals surface area contributed by atoms with Crippen LogP contribution in [-0.2, 0) is 17.9 Å². The molecule has 32 heavy (non-hydrogen) atoms. The van der Waals surface area contributed by atoms with E-state index in [1.54, 1.807) is 0 Å². The van der Waals surface area contributed by atoms with Gasteiger partial charge in [-0.15, -0.1) is 11.8 Å². The molecule has 1 aliphatic heterocycles. The van der Waals surface area contributed by atoms with Gasteiger partial charge < -0.3 is 15.2 Å². The molecule has 15 heteroatoms. The van der Waals surface area contributed by atoms with E-state index in [1.165, 1.54) is 0 Å². The van der Waals surface area contributed by atoms with Crippen LogP contribution in [0.1, 0.15) is 23.2 Å². The van der Waals surface area contributed by atoms with Crippen LogP contribution in [0.2, 0.25) is 0 Å². The molecule has 2 aromatic rings. The largest absolute Gasteiger partial charge is 0.436 e. The molecule has 2 N–H and O–H groups in total. The molecule has 5 nitrogen and oxygen atoms in total. The number of nitrogens with one attached hydrogen (secondary N) is 1. The van der Waals surface area contributed by atoms with Crippen molar-refractivity contribution in [2.75, 3.05) is 17.7 Å². The average molecular weight is 493 g/mol. The molecular formula is C17H12F9N3O2S. The second kappa shape index (κ2) is 8.50. The van der Waals surface area contributed by atoms with E-state index in [1.807, 2.05) is 0 Å². The maximum absolute atomic E-state index is 14.5. The normalized spacial score (nSPS) is 19.1. The Morgan fingerprint density at radius 2 is 1.81 bits per heavy atom. The number of fused-ring (bicyclic) bond motifs is 1. The Kier molecular flexibility index (Phi) is 6.43. The number of ether oxygens (including phenoxy) is 1. The van der Waals surface area contributed by atoms with Crippen LogP contribution < -0.4 is 10.1 Å². The summed E-state index contributed by atoms with van der Waals surface area (Å²) in [5.41, 5.74) is -5.22. The van der Waals surface area contributed by atoms with Crippen LogP contribution in [-0.4, -0.2) is 34.0 Å². The fourth-order valence-corrected chi connectivity index (χ4v) is 4.33. The van der Waals surface area contributed by atoms with Gasteiger partial charge in [0.2, 0.25) is 0 Å². The van der Waals surface area contributed by atoms with E-state index < -0.39 is 64.6 Å². The summed E-state index contributed by atoms with van der Waals surface area (Å²) in [5, 5.41) is 12.4. The predicted octanol–water partition coefficient (Wildman–Crippen LogP) is 5.05. The van der Waals surface area contributed by atoms with Crippen molar-refractivity contribution in [1.29, 1.82) is 0 Å². The zero-order valence-corrected chi connectivity index (χ0v) is 16.3.